The lowest BCUT2D eigenvalue weighted by Crippen LogP contribution is -2.01. The quantitative estimate of drug-likeness (QED) is 0.574. The van der Waals surface area contributed by atoms with Crippen LogP contribution in [0.25, 0.3) is 0 Å². The van der Waals surface area contributed by atoms with Crippen molar-refractivity contribution >= 4 is 18.6 Å². The van der Waals surface area contributed by atoms with Gasteiger partial charge in [0.1, 0.15) is 0 Å². The minimum Gasteiger partial charge on any atom is -0.478 e. The molecule has 0 aliphatic carbocycles. The van der Waals surface area contributed by atoms with E-state index >= 15 is 0 Å². The minimum atomic E-state index is -0.968. The third-order valence-corrected chi connectivity index (χ3v) is 2.43. The lowest BCUT2D eigenvalue weighted by atomic mass is 10.00. The Balaban J connectivity index is 3.41. The van der Waals surface area contributed by atoms with E-state index in [-0.39, 0.29) is 5.56 Å². The molecule has 1 N–H and O–H groups in total. The van der Waals surface area contributed by atoms with Crippen LogP contribution < -0.4 is 0 Å². The van der Waals surface area contributed by atoms with E-state index in [1.807, 2.05) is 6.92 Å². The summed E-state index contributed by atoms with van der Waals surface area (Å²) >= 11 is 4.12. The molecule has 0 heterocycles. The number of carboxylic acids is 1. The van der Waals surface area contributed by atoms with Crippen LogP contribution in [-0.2, 0) is 5.75 Å². The van der Waals surface area contributed by atoms with Gasteiger partial charge in [-0.25, -0.2) is 4.79 Å². The number of rotatable bonds is 2. The summed E-state index contributed by atoms with van der Waals surface area (Å²) < 4.78 is 0. The first-order chi connectivity index (χ1) is 6.60. The minimum absolute atomic E-state index is 0.215. The zero-order valence-electron chi connectivity index (χ0n) is 7.74. The van der Waals surface area contributed by atoms with Crippen LogP contribution in [0.1, 0.15) is 27.0 Å². The molecule has 2 nitrogen and oxygen atoms in total. The molecule has 1 rings (SSSR count). The van der Waals surface area contributed by atoms with E-state index in [4.69, 9.17) is 11.5 Å². The highest BCUT2D eigenvalue weighted by Crippen LogP contribution is 2.18. The highest BCUT2D eigenvalue weighted by molar-refractivity contribution is 7.79. The highest BCUT2D eigenvalue weighted by Gasteiger charge is 2.09. The fourth-order valence-corrected chi connectivity index (χ4v) is 1.54. The van der Waals surface area contributed by atoms with Gasteiger partial charge in [-0.1, -0.05) is 5.92 Å². The second-order valence-electron chi connectivity index (χ2n) is 2.92. The molecule has 0 radical (unpaired) electrons. The van der Waals surface area contributed by atoms with Crippen LogP contribution in [0.15, 0.2) is 12.1 Å². The Bertz CT molecular complexity index is 416. The fraction of sp³-hybridized carbons (Fsp3) is 0.182. The maximum atomic E-state index is 10.8. The van der Waals surface area contributed by atoms with E-state index in [9.17, 15) is 4.79 Å². The predicted octanol–water partition coefficient (Wildman–Crippen LogP) is 2.10. The van der Waals surface area contributed by atoms with E-state index in [1.165, 1.54) is 6.07 Å². The lowest BCUT2D eigenvalue weighted by molar-refractivity contribution is 0.0696. The largest absolute Gasteiger partial charge is 0.478 e. The van der Waals surface area contributed by atoms with Gasteiger partial charge in [-0.15, -0.1) is 6.42 Å². The Morgan fingerprint density at radius 1 is 1.64 bits per heavy atom. The van der Waals surface area contributed by atoms with Crippen LogP contribution in [0.3, 0.4) is 0 Å². The van der Waals surface area contributed by atoms with Crippen LogP contribution in [0.5, 0.6) is 0 Å². The second kappa shape index (κ2) is 4.21. The van der Waals surface area contributed by atoms with Crippen molar-refractivity contribution in [2.24, 2.45) is 0 Å². The van der Waals surface area contributed by atoms with Gasteiger partial charge >= 0.3 is 5.97 Å². The normalized spacial score (nSPS) is 9.50. The molecule has 0 bridgehead atoms. The number of benzene rings is 1. The van der Waals surface area contributed by atoms with Gasteiger partial charge in [0.2, 0.25) is 0 Å². The molecule has 0 atom stereocenters. The Kier molecular flexibility index (Phi) is 3.21. The van der Waals surface area contributed by atoms with Gasteiger partial charge in [0.25, 0.3) is 0 Å². The number of hydrogen-bond donors (Lipinski definition) is 2. The molecule has 0 amide bonds. The van der Waals surface area contributed by atoms with Crippen molar-refractivity contribution in [3.05, 3.63) is 34.4 Å². The topological polar surface area (TPSA) is 37.3 Å². The third-order valence-electron chi connectivity index (χ3n) is 2.09. The van der Waals surface area contributed by atoms with Crippen LogP contribution in [0.2, 0.25) is 0 Å². The third kappa shape index (κ3) is 1.91. The summed E-state index contributed by atoms with van der Waals surface area (Å²) in [6, 6.07) is 3.11. The molecular weight excluding hydrogens is 196 g/mol. The molecule has 0 fully saturated rings. The maximum absolute atomic E-state index is 10.8. The standard InChI is InChI=1S/C11H10O2S/c1-3-8-4-9(11(12)13)5-10(6-14)7(8)2/h1,4-5,14H,6H2,2H3,(H,12,13). The average Bonchev–Trinajstić information content (AvgIpc) is 2.17. The summed E-state index contributed by atoms with van der Waals surface area (Å²) in [5.41, 5.74) is 2.62. The van der Waals surface area contributed by atoms with Crippen molar-refractivity contribution < 1.29 is 9.90 Å². The van der Waals surface area contributed by atoms with E-state index in [0.717, 1.165) is 11.1 Å². The molecule has 1 aromatic rings. The first kappa shape index (κ1) is 10.7. The summed E-state index contributed by atoms with van der Waals surface area (Å²) in [5.74, 6) is 1.99. The molecule has 0 aliphatic heterocycles. The fourth-order valence-electron chi connectivity index (χ4n) is 1.21. The molecule has 72 valence electrons. The number of terminal acetylenes is 1. The van der Waals surface area contributed by atoms with Gasteiger partial charge in [0.15, 0.2) is 0 Å². The number of hydrogen-bond acceptors (Lipinski definition) is 2. The molecule has 1 aromatic carbocycles. The highest BCUT2D eigenvalue weighted by atomic mass is 32.1. The molecule has 0 saturated heterocycles. The van der Waals surface area contributed by atoms with Crippen LogP contribution >= 0.6 is 12.6 Å². The van der Waals surface area contributed by atoms with Crippen molar-refractivity contribution in [1.82, 2.24) is 0 Å². The molecule has 3 heteroatoms. The average molecular weight is 206 g/mol. The molecule has 14 heavy (non-hydrogen) atoms. The van der Waals surface area contributed by atoms with Gasteiger partial charge in [0, 0.05) is 11.3 Å². The van der Waals surface area contributed by atoms with E-state index in [0.29, 0.717) is 11.3 Å². The van der Waals surface area contributed by atoms with Gasteiger partial charge in [-0.2, -0.15) is 12.6 Å². The first-order valence-corrected chi connectivity index (χ1v) is 4.67. The number of aromatic carboxylic acids is 1. The molecule has 0 aliphatic rings. The van der Waals surface area contributed by atoms with Gasteiger partial charge in [-0.3, -0.25) is 0 Å². The maximum Gasteiger partial charge on any atom is 0.335 e. The SMILES string of the molecule is C#Cc1cc(C(=O)O)cc(CS)c1C. The molecule has 0 unspecified atom stereocenters. The summed E-state index contributed by atoms with van der Waals surface area (Å²) in [5, 5.41) is 8.82. The Labute approximate surface area is 88.4 Å². The van der Waals surface area contributed by atoms with Crippen molar-refractivity contribution in [3.63, 3.8) is 0 Å². The molecule has 0 aromatic heterocycles. The zero-order chi connectivity index (χ0) is 10.7. The van der Waals surface area contributed by atoms with Gasteiger partial charge in [-0.05, 0) is 30.2 Å². The second-order valence-corrected chi connectivity index (χ2v) is 3.23. The van der Waals surface area contributed by atoms with Crippen LogP contribution in [-0.4, -0.2) is 11.1 Å². The van der Waals surface area contributed by atoms with Crippen molar-refractivity contribution in [1.29, 1.82) is 0 Å². The van der Waals surface area contributed by atoms with Gasteiger partial charge in [0.05, 0.1) is 5.56 Å². The van der Waals surface area contributed by atoms with Crippen molar-refractivity contribution in [2.45, 2.75) is 12.7 Å². The number of thiol groups is 1. The Morgan fingerprint density at radius 3 is 2.71 bits per heavy atom. The smallest absolute Gasteiger partial charge is 0.335 e. The van der Waals surface area contributed by atoms with Crippen molar-refractivity contribution in [2.75, 3.05) is 0 Å². The van der Waals surface area contributed by atoms with E-state index < -0.39 is 5.97 Å². The predicted molar refractivity (Wildman–Crippen MR) is 58.8 cm³/mol. The Morgan fingerprint density at radius 2 is 2.29 bits per heavy atom. The summed E-state index contributed by atoms with van der Waals surface area (Å²) in [7, 11) is 0. The number of carboxylic acid groups (broad SMARTS) is 1. The number of carbonyl (C=O) groups is 1. The molecule has 0 saturated carbocycles. The monoisotopic (exact) mass is 206 g/mol. The van der Waals surface area contributed by atoms with E-state index in [2.05, 4.69) is 18.5 Å². The Hall–Kier alpha value is -1.40. The lowest BCUT2D eigenvalue weighted by Gasteiger charge is -2.07. The van der Waals surface area contributed by atoms with Gasteiger partial charge < -0.3 is 5.11 Å². The van der Waals surface area contributed by atoms with Crippen LogP contribution in [0.4, 0.5) is 0 Å². The zero-order valence-corrected chi connectivity index (χ0v) is 8.64. The van der Waals surface area contributed by atoms with E-state index in [1.54, 1.807) is 6.07 Å². The van der Waals surface area contributed by atoms with Crippen LogP contribution in [0, 0.1) is 19.3 Å². The summed E-state index contributed by atoms with van der Waals surface area (Å²) in [6.07, 6.45) is 5.28. The summed E-state index contributed by atoms with van der Waals surface area (Å²) in [6.45, 7) is 1.87. The molecular formula is C11H10O2S. The summed E-state index contributed by atoms with van der Waals surface area (Å²) in [4.78, 5) is 10.8. The molecule has 0 spiro atoms. The first-order valence-electron chi connectivity index (χ1n) is 4.04. The van der Waals surface area contributed by atoms with Crippen molar-refractivity contribution in [3.8, 4) is 12.3 Å².